The Hall–Kier alpha value is -1.17. The zero-order valence-corrected chi connectivity index (χ0v) is 13.8. The number of carboxylic acid groups (broad SMARTS) is 1. The molecule has 0 unspecified atom stereocenters. The summed E-state index contributed by atoms with van der Waals surface area (Å²) >= 11 is 10.3. The van der Waals surface area contributed by atoms with E-state index in [0.29, 0.717) is 24.8 Å². The maximum absolute atomic E-state index is 12.6. The number of hydrogen-bond acceptors (Lipinski definition) is 3. The molecule has 0 radical (unpaired) electrons. The second-order valence-electron chi connectivity index (χ2n) is 4.32. The van der Waals surface area contributed by atoms with E-state index in [-0.39, 0.29) is 16.9 Å². The van der Waals surface area contributed by atoms with Crippen molar-refractivity contribution in [3.8, 4) is 0 Å². The van der Waals surface area contributed by atoms with Crippen molar-refractivity contribution in [2.75, 3.05) is 0 Å². The molecule has 20 heavy (non-hydrogen) atoms. The topological polar surface area (TPSA) is 54.4 Å². The molecule has 0 saturated carbocycles. The Labute approximate surface area is 133 Å². The number of carbonyl (C=O) groups excluding carboxylic acids is 1. The number of thiophene rings is 1. The predicted molar refractivity (Wildman–Crippen MR) is 83.3 cm³/mol. The summed E-state index contributed by atoms with van der Waals surface area (Å²) in [5.74, 6) is -1.42. The van der Waals surface area contributed by atoms with E-state index in [9.17, 15) is 14.7 Å². The Kier molecular flexibility index (Phi) is 4.32. The summed E-state index contributed by atoms with van der Waals surface area (Å²) in [6.45, 7) is 3.40. The van der Waals surface area contributed by atoms with E-state index in [0.717, 1.165) is 11.3 Å². The van der Waals surface area contributed by atoms with Crippen LogP contribution in [-0.4, -0.2) is 16.9 Å². The van der Waals surface area contributed by atoms with Crippen LogP contribution in [0.5, 0.6) is 0 Å². The lowest BCUT2D eigenvalue weighted by Gasteiger charge is -2.10. The number of benzene rings is 1. The Balaban J connectivity index is 2.65. The van der Waals surface area contributed by atoms with Crippen molar-refractivity contribution in [1.82, 2.24) is 0 Å². The van der Waals surface area contributed by atoms with Crippen LogP contribution in [0.3, 0.4) is 0 Å². The van der Waals surface area contributed by atoms with Crippen LogP contribution in [0.4, 0.5) is 0 Å². The van der Waals surface area contributed by atoms with Gasteiger partial charge in [0.1, 0.15) is 4.34 Å². The standard InChI is InChI=1S/C14H10BrClO3S/c1-6-3-4-7(2)11(14(18)19)10(6)12(17)9-5-8(15)13(16)20-9/h3-5H,1-2H3,(H,18,19). The predicted octanol–water partition coefficient (Wildman–Crippen LogP) is 4.71. The molecule has 104 valence electrons. The minimum atomic E-state index is -1.10. The third-order valence-corrected chi connectivity index (χ3v) is 5.41. The molecule has 0 aliphatic heterocycles. The van der Waals surface area contributed by atoms with Crippen molar-refractivity contribution in [3.05, 3.63) is 54.1 Å². The van der Waals surface area contributed by atoms with Gasteiger partial charge < -0.3 is 5.11 Å². The summed E-state index contributed by atoms with van der Waals surface area (Å²) < 4.78 is 1.10. The molecule has 2 rings (SSSR count). The van der Waals surface area contributed by atoms with E-state index >= 15 is 0 Å². The van der Waals surface area contributed by atoms with Gasteiger partial charge in [-0.25, -0.2) is 4.79 Å². The van der Waals surface area contributed by atoms with Gasteiger partial charge in [0.2, 0.25) is 5.78 Å². The largest absolute Gasteiger partial charge is 0.478 e. The molecule has 0 fully saturated rings. The molecule has 1 N–H and O–H groups in total. The second-order valence-corrected chi connectivity index (χ2v) is 6.82. The molecule has 0 aliphatic rings. The smallest absolute Gasteiger partial charge is 0.336 e. The SMILES string of the molecule is Cc1ccc(C)c(C(=O)c2cc(Br)c(Cl)s2)c1C(=O)O. The third-order valence-electron chi connectivity index (χ3n) is 2.93. The highest BCUT2D eigenvalue weighted by Gasteiger charge is 2.24. The normalized spacial score (nSPS) is 10.6. The molecule has 0 bridgehead atoms. The molecule has 0 saturated heterocycles. The van der Waals surface area contributed by atoms with Gasteiger partial charge in [-0.1, -0.05) is 23.7 Å². The number of aryl methyl sites for hydroxylation is 2. The van der Waals surface area contributed by atoms with Crippen molar-refractivity contribution < 1.29 is 14.7 Å². The minimum absolute atomic E-state index is 0.0515. The van der Waals surface area contributed by atoms with Crippen molar-refractivity contribution in [3.63, 3.8) is 0 Å². The molecule has 1 aromatic carbocycles. The number of hydrogen-bond donors (Lipinski definition) is 1. The lowest BCUT2D eigenvalue weighted by atomic mass is 9.93. The van der Waals surface area contributed by atoms with Crippen LogP contribution < -0.4 is 0 Å². The molecule has 1 aromatic heterocycles. The molecular formula is C14H10BrClO3S. The first-order valence-corrected chi connectivity index (χ1v) is 7.64. The molecule has 0 aliphatic carbocycles. The van der Waals surface area contributed by atoms with Gasteiger partial charge in [0.25, 0.3) is 0 Å². The molecule has 0 amide bonds. The number of aromatic carboxylic acids is 1. The number of rotatable bonds is 3. The van der Waals surface area contributed by atoms with E-state index in [1.165, 1.54) is 0 Å². The summed E-state index contributed by atoms with van der Waals surface area (Å²) in [6, 6.07) is 5.06. The summed E-state index contributed by atoms with van der Waals surface area (Å²) in [6.07, 6.45) is 0. The fourth-order valence-electron chi connectivity index (χ4n) is 1.96. The Morgan fingerprint density at radius 2 is 1.75 bits per heavy atom. The van der Waals surface area contributed by atoms with E-state index in [4.69, 9.17) is 11.6 Å². The van der Waals surface area contributed by atoms with Crippen molar-refractivity contribution in [2.45, 2.75) is 13.8 Å². The highest BCUT2D eigenvalue weighted by Crippen LogP contribution is 2.34. The molecule has 0 atom stereocenters. The molecule has 1 heterocycles. The van der Waals surface area contributed by atoms with Gasteiger partial charge in [-0.05, 0) is 47.0 Å². The Bertz CT molecular complexity index is 702. The van der Waals surface area contributed by atoms with Crippen LogP contribution in [-0.2, 0) is 0 Å². The van der Waals surface area contributed by atoms with Gasteiger partial charge in [-0.15, -0.1) is 11.3 Å². The molecule has 2 aromatic rings. The summed E-state index contributed by atoms with van der Waals surface area (Å²) in [5, 5.41) is 9.34. The molecule has 6 heteroatoms. The van der Waals surface area contributed by atoms with Gasteiger partial charge in [-0.3, -0.25) is 4.79 Å². The Morgan fingerprint density at radius 1 is 1.20 bits per heavy atom. The highest BCUT2D eigenvalue weighted by molar-refractivity contribution is 9.10. The monoisotopic (exact) mass is 372 g/mol. The van der Waals surface area contributed by atoms with Crippen LogP contribution in [0, 0.1) is 13.8 Å². The minimum Gasteiger partial charge on any atom is -0.478 e. The van der Waals surface area contributed by atoms with Crippen LogP contribution in [0.1, 0.15) is 36.7 Å². The summed E-state index contributed by atoms with van der Waals surface area (Å²) in [7, 11) is 0. The summed E-state index contributed by atoms with van der Waals surface area (Å²) in [4.78, 5) is 24.4. The van der Waals surface area contributed by atoms with Crippen molar-refractivity contribution in [1.29, 1.82) is 0 Å². The average molecular weight is 374 g/mol. The summed E-state index contributed by atoms with van der Waals surface area (Å²) in [5.41, 5.74) is 1.48. The highest BCUT2D eigenvalue weighted by atomic mass is 79.9. The first-order chi connectivity index (χ1) is 9.32. The lowest BCUT2D eigenvalue weighted by molar-refractivity contribution is 0.0692. The van der Waals surface area contributed by atoms with Crippen LogP contribution in [0.15, 0.2) is 22.7 Å². The van der Waals surface area contributed by atoms with Gasteiger partial charge in [-0.2, -0.15) is 0 Å². The molecular weight excluding hydrogens is 364 g/mol. The van der Waals surface area contributed by atoms with Gasteiger partial charge in [0.15, 0.2) is 0 Å². The fourth-order valence-corrected chi connectivity index (χ4v) is 3.61. The van der Waals surface area contributed by atoms with Crippen molar-refractivity contribution >= 4 is 50.6 Å². The van der Waals surface area contributed by atoms with Crippen molar-refractivity contribution in [2.24, 2.45) is 0 Å². The zero-order valence-electron chi connectivity index (χ0n) is 10.7. The molecule has 0 spiro atoms. The number of carboxylic acids is 1. The van der Waals surface area contributed by atoms with Crippen LogP contribution >= 0.6 is 38.9 Å². The van der Waals surface area contributed by atoms with Gasteiger partial charge in [0, 0.05) is 10.0 Å². The quantitative estimate of drug-likeness (QED) is 0.793. The van der Waals surface area contributed by atoms with Gasteiger partial charge >= 0.3 is 5.97 Å². The van der Waals surface area contributed by atoms with E-state index in [1.54, 1.807) is 32.0 Å². The van der Waals surface area contributed by atoms with E-state index < -0.39 is 5.97 Å². The van der Waals surface area contributed by atoms with E-state index in [1.807, 2.05) is 0 Å². The first kappa shape index (κ1) is 15.2. The van der Waals surface area contributed by atoms with Gasteiger partial charge in [0.05, 0.1) is 10.4 Å². The zero-order chi connectivity index (χ0) is 15.0. The Morgan fingerprint density at radius 3 is 2.20 bits per heavy atom. The van der Waals surface area contributed by atoms with Crippen LogP contribution in [0.25, 0.3) is 0 Å². The third kappa shape index (κ3) is 2.66. The maximum atomic E-state index is 12.6. The second kappa shape index (κ2) is 5.68. The number of ketones is 1. The van der Waals surface area contributed by atoms with Crippen LogP contribution in [0.2, 0.25) is 4.34 Å². The number of carbonyl (C=O) groups is 2. The van der Waals surface area contributed by atoms with E-state index in [2.05, 4.69) is 15.9 Å². The first-order valence-electron chi connectivity index (χ1n) is 5.66. The lowest BCUT2D eigenvalue weighted by Crippen LogP contribution is -2.12. The maximum Gasteiger partial charge on any atom is 0.336 e. The molecule has 3 nitrogen and oxygen atoms in total. The fraction of sp³-hybridized carbons (Fsp3) is 0.143. The average Bonchev–Trinajstić information content (AvgIpc) is 2.71. The number of halogens is 2.